The normalized spacial score (nSPS) is 9.88. The molecule has 1 N–H and O–H groups in total. The van der Waals surface area contributed by atoms with Crippen LogP contribution in [0, 0.1) is 6.92 Å². The highest BCUT2D eigenvalue weighted by molar-refractivity contribution is 5.91. The number of nitrogens with zero attached hydrogens (tertiary/aromatic N) is 1. The average molecular weight is 226 g/mol. The Morgan fingerprint density at radius 3 is 2.81 bits per heavy atom. The molecule has 1 aromatic heterocycles. The van der Waals surface area contributed by atoms with Gasteiger partial charge in [-0.15, -0.1) is 0 Å². The summed E-state index contributed by atoms with van der Waals surface area (Å²) >= 11 is 0. The highest BCUT2D eigenvalue weighted by Gasteiger charge is 2.09. The Hall–Kier alpha value is -1.85. The molecule has 0 aliphatic carbocycles. The fourth-order valence-corrected chi connectivity index (χ4v) is 1.07. The van der Waals surface area contributed by atoms with E-state index in [1.54, 1.807) is 19.9 Å². The van der Waals surface area contributed by atoms with Gasteiger partial charge in [-0.2, -0.15) is 0 Å². The van der Waals surface area contributed by atoms with E-state index in [-0.39, 0.29) is 30.6 Å². The maximum absolute atomic E-state index is 11.3. The van der Waals surface area contributed by atoms with Crippen molar-refractivity contribution in [3.05, 3.63) is 11.8 Å². The van der Waals surface area contributed by atoms with E-state index in [0.717, 1.165) is 0 Å². The molecule has 1 heterocycles. The first kappa shape index (κ1) is 12.2. The third-order valence-corrected chi connectivity index (χ3v) is 1.75. The molecule has 0 radical (unpaired) electrons. The van der Waals surface area contributed by atoms with Crippen molar-refractivity contribution in [3.8, 4) is 0 Å². The topological polar surface area (TPSA) is 81.4 Å². The van der Waals surface area contributed by atoms with Gasteiger partial charge in [-0.3, -0.25) is 14.9 Å². The molecule has 6 heteroatoms. The molecule has 1 amide bonds. The first-order valence-corrected chi connectivity index (χ1v) is 5.00. The van der Waals surface area contributed by atoms with Crippen LogP contribution in [0.25, 0.3) is 0 Å². The zero-order valence-corrected chi connectivity index (χ0v) is 9.28. The summed E-state index contributed by atoms with van der Waals surface area (Å²) in [6.07, 6.45) is 0.130. The number of ether oxygens (including phenoxy) is 1. The van der Waals surface area contributed by atoms with Crippen LogP contribution in [0.2, 0.25) is 0 Å². The summed E-state index contributed by atoms with van der Waals surface area (Å²) in [5.74, 6) is -0.401. The third kappa shape index (κ3) is 4.12. The van der Waals surface area contributed by atoms with Gasteiger partial charge in [-0.25, -0.2) is 0 Å². The minimum atomic E-state index is -0.383. The average Bonchev–Trinajstić information content (AvgIpc) is 2.61. The van der Waals surface area contributed by atoms with E-state index < -0.39 is 0 Å². The van der Waals surface area contributed by atoms with E-state index in [1.807, 2.05) is 0 Å². The van der Waals surface area contributed by atoms with Gasteiger partial charge in [0.1, 0.15) is 0 Å². The van der Waals surface area contributed by atoms with E-state index in [0.29, 0.717) is 12.3 Å². The number of carbonyl (C=O) groups is 2. The Morgan fingerprint density at radius 2 is 2.25 bits per heavy atom. The molecule has 0 bridgehead atoms. The van der Waals surface area contributed by atoms with Crippen molar-refractivity contribution in [2.24, 2.45) is 0 Å². The van der Waals surface area contributed by atoms with Crippen LogP contribution >= 0.6 is 0 Å². The number of hydrogen-bond donors (Lipinski definition) is 1. The zero-order valence-electron chi connectivity index (χ0n) is 9.28. The lowest BCUT2D eigenvalue weighted by Gasteiger charge is -2.01. The van der Waals surface area contributed by atoms with E-state index in [9.17, 15) is 9.59 Å². The largest absolute Gasteiger partial charge is 0.466 e. The lowest BCUT2D eigenvalue weighted by molar-refractivity contribution is -0.144. The Bertz CT molecular complexity index is 373. The fourth-order valence-electron chi connectivity index (χ4n) is 1.07. The number of hydrogen-bond acceptors (Lipinski definition) is 5. The van der Waals surface area contributed by atoms with Crippen molar-refractivity contribution in [3.63, 3.8) is 0 Å². The number of esters is 1. The molecule has 0 atom stereocenters. The summed E-state index contributed by atoms with van der Waals surface area (Å²) in [6.45, 7) is 3.79. The van der Waals surface area contributed by atoms with Crippen molar-refractivity contribution >= 4 is 17.8 Å². The van der Waals surface area contributed by atoms with Gasteiger partial charge in [0, 0.05) is 12.5 Å². The highest BCUT2D eigenvalue weighted by atomic mass is 16.5. The summed E-state index contributed by atoms with van der Waals surface area (Å²) < 4.78 is 9.48. The van der Waals surface area contributed by atoms with Crippen LogP contribution in [0.15, 0.2) is 10.6 Å². The number of carbonyl (C=O) groups excluding carboxylic acids is 2. The molecule has 0 spiro atoms. The Balaban J connectivity index is 2.28. The maximum Gasteiger partial charge on any atom is 0.306 e. The minimum absolute atomic E-state index is 0.0623. The number of amides is 1. The van der Waals surface area contributed by atoms with Crippen LogP contribution in [0.3, 0.4) is 0 Å². The lowest BCUT2D eigenvalue weighted by atomic mass is 10.3. The number of aromatic nitrogens is 1. The molecule has 0 aliphatic rings. The van der Waals surface area contributed by atoms with Crippen molar-refractivity contribution in [2.45, 2.75) is 26.7 Å². The van der Waals surface area contributed by atoms with Gasteiger partial charge in [-0.05, 0) is 13.8 Å². The van der Waals surface area contributed by atoms with Crippen LogP contribution in [-0.4, -0.2) is 23.6 Å². The second-order valence-electron chi connectivity index (χ2n) is 3.19. The molecule has 0 saturated carbocycles. The fraction of sp³-hybridized carbons (Fsp3) is 0.500. The van der Waals surface area contributed by atoms with E-state index in [2.05, 4.69) is 10.5 Å². The first-order chi connectivity index (χ1) is 7.61. The first-order valence-electron chi connectivity index (χ1n) is 5.00. The van der Waals surface area contributed by atoms with E-state index in [4.69, 9.17) is 9.26 Å². The van der Waals surface area contributed by atoms with Crippen molar-refractivity contribution in [1.29, 1.82) is 0 Å². The standard InChI is InChI=1S/C10H14N2O4/c1-3-15-10(14)5-4-8(13)11-9-6-7(2)12-16-9/h6H,3-5H2,1-2H3,(H,11,13). The molecule has 0 aromatic carbocycles. The molecule has 0 aliphatic heterocycles. The van der Waals surface area contributed by atoms with Crippen LogP contribution in [-0.2, 0) is 14.3 Å². The summed E-state index contributed by atoms with van der Waals surface area (Å²) in [6, 6.07) is 1.60. The van der Waals surface area contributed by atoms with Crippen LogP contribution < -0.4 is 5.32 Å². The highest BCUT2D eigenvalue weighted by Crippen LogP contribution is 2.08. The quantitative estimate of drug-likeness (QED) is 0.764. The predicted octanol–water partition coefficient (Wildman–Crippen LogP) is 1.26. The smallest absolute Gasteiger partial charge is 0.306 e. The maximum atomic E-state index is 11.3. The zero-order chi connectivity index (χ0) is 12.0. The molecule has 0 saturated heterocycles. The summed E-state index contributed by atoms with van der Waals surface area (Å²) in [5.41, 5.74) is 0.681. The summed E-state index contributed by atoms with van der Waals surface area (Å²) in [7, 11) is 0. The summed E-state index contributed by atoms with van der Waals surface area (Å²) in [5, 5.41) is 6.10. The Morgan fingerprint density at radius 1 is 1.50 bits per heavy atom. The van der Waals surface area contributed by atoms with E-state index >= 15 is 0 Å². The number of aryl methyl sites for hydroxylation is 1. The molecule has 0 unspecified atom stereocenters. The molecule has 1 aromatic rings. The number of anilines is 1. The second kappa shape index (κ2) is 5.89. The van der Waals surface area contributed by atoms with Gasteiger partial charge >= 0.3 is 5.97 Å². The van der Waals surface area contributed by atoms with E-state index in [1.165, 1.54) is 0 Å². The molecule has 6 nitrogen and oxygen atoms in total. The Kier molecular flexibility index (Phi) is 4.50. The molecular formula is C10H14N2O4. The lowest BCUT2D eigenvalue weighted by Crippen LogP contribution is -2.14. The van der Waals surface area contributed by atoms with Gasteiger partial charge in [-0.1, -0.05) is 5.16 Å². The second-order valence-corrected chi connectivity index (χ2v) is 3.19. The molecule has 0 fully saturated rings. The minimum Gasteiger partial charge on any atom is -0.466 e. The van der Waals surface area contributed by atoms with Gasteiger partial charge < -0.3 is 9.26 Å². The molecule has 88 valence electrons. The van der Waals surface area contributed by atoms with Crippen LogP contribution in [0.5, 0.6) is 0 Å². The predicted molar refractivity (Wildman–Crippen MR) is 55.7 cm³/mol. The van der Waals surface area contributed by atoms with Crippen molar-refractivity contribution in [1.82, 2.24) is 5.16 Å². The van der Waals surface area contributed by atoms with Gasteiger partial charge in [0.25, 0.3) is 0 Å². The van der Waals surface area contributed by atoms with Crippen molar-refractivity contribution < 1.29 is 18.8 Å². The monoisotopic (exact) mass is 226 g/mol. The summed E-state index contributed by atoms with van der Waals surface area (Å²) in [4.78, 5) is 22.3. The number of rotatable bonds is 5. The third-order valence-electron chi connectivity index (χ3n) is 1.75. The molecular weight excluding hydrogens is 212 g/mol. The SMILES string of the molecule is CCOC(=O)CCC(=O)Nc1cc(C)no1. The van der Waals surface area contributed by atoms with Gasteiger partial charge in [0.2, 0.25) is 11.8 Å². The molecule has 1 rings (SSSR count). The van der Waals surface area contributed by atoms with Gasteiger partial charge in [0.15, 0.2) is 0 Å². The van der Waals surface area contributed by atoms with Crippen LogP contribution in [0.1, 0.15) is 25.5 Å². The number of nitrogens with one attached hydrogen (secondary N) is 1. The molecule has 16 heavy (non-hydrogen) atoms. The Labute approximate surface area is 92.9 Å². The van der Waals surface area contributed by atoms with Crippen LogP contribution in [0.4, 0.5) is 5.88 Å². The van der Waals surface area contributed by atoms with Gasteiger partial charge in [0.05, 0.1) is 18.7 Å². The van der Waals surface area contributed by atoms with Crippen molar-refractivity contribution in [2.75, 3.05) is 11.9 Å².